The van der Waals surface area contributed by atoms with Gasteiger partial charge in [0.25, 0.3) is 15.9 Å². The van der Waals surface area contributed by atoms with Crippen molar-refractivity contribution in [3.05, 3.63) is 77.2 Å². The van der Waals surface area contributed by atoms with E-state index in [0.29, 0.717) is 24.2 Å². The molecule has 0 saturated carbocycles. The molecule has 4 rings (SSSR count). The summed E-state index contributed by atoms with van der Waals surface area (Å²) in [6.45, 7) is 4.16. The van der Waals surface area contributed by atoms with E-state index in [-0.39, 0.29) is 16.6 Å². The number of hydrogen-bond acceptors (Lipinski definition) is 4. The second-order valence-electron chi connectivity index (χ2n) is 6.90. The van der Waals surface area contributed by atoms with E-state index in [4.69, 9.17) is 4.42 Å². The van der Waals surface area contributed by atoms with Crippen molar-refractivity contribution in [2.75, 3.05) is 16.2 Å². The number of hydrogen-bond donors (Lipinski definition) is 1. The summed E-state index contributed by atoms with van der Waals surface area (Å²) in [7, 11) is -3.69. The van der Waals surface area contributed by atoms with Crippen molar-refractivity contribution < 1.29 is 17.6 Å². The Morgan fingerprint density at radius 1 is 1.11 bits per heavy atom. The lowest BCUT2D eigenvalue weighted by Crippen LogP contribution is -2.28. The minimum atomic E-state index is -3.69. The average molecular weight is 396 g/mol. The smallest absolute Gasteiger partial charge is 0.293 e. The quantitative estimate of drug-likeness (QED) is 0.725. The molecule has 1 N–H and O–H groups in total. The van der Waals surface area contributed by atoms with E-state index in [1.807, 2.05) is 13.0 Å². The number of benzene rings is 2. The molecule has 0 saturated heterocycles. The maximum absolute atomic E-state index is 12.8. The number of nitrogens with one attached hydrogen (secondary N) is 1. The molecule has 0 fully saturated rings. The molecule has 1 amide bonds. The van der Waals surface area contributed by atoms with E-state index in [0.717, 1.165) is 16.8 Å². The maximum atomic E-state index is 12.8. The van der Waals surface area contributed by atoms with Gasteiger partial charge in [-0.25, -0.2) is 8.42 Å². The molecule has 6 nitrogen and oxygen atoms in total. The molecule has 2 heterocycles. The van der Waals surface area contributed by atoms with Crippen molar-refractivity contribution in [3.63, 3.8) is 0 Å². The van der Waals surface area contributed by atoms with Gasteiger partial charge in [-0.2, -0.15) is 0 Å². The van der Waals surface area contributed by atoms with Gasteiger partial charge in [0.15, 0.2) is 5.76 Å². The number of furan rings is 1. The van der Waals surface area contributed by atoms with Crippen LogP contribution in [0.1, 0.15) is 27.2 Å². The van der Waals surface area contributed by atoms with Gasteiger partial charge in [-0.05, 0) is 73.4 Å². The number of anilines is 2. The van der Waals surface area contributed by atoms with E-state index >= 15 is 0 Å². The zero-order valence-corrected chi connectivity index (χ0v) is 16.4. The summed E-state index contributed by atoms with van der Waals surface area (Å²) in [5.74, 6) is 0.0834. The molecular weight excluding hydrogens is 376 g/mol. The number of aryl methyl sites for hydroxylation is 2. The minimum absolute atomic E-state index is 0.201. The summed E-state index contributed by atoms with van der Waals surface area (Å²) in [6.07, 6.45) is 2.12. The molecule has 28 heavy (non-hydrogen) atoms. The molecule has 3 aromatic rings. The van der Waals surface area contributed by atoms with Crippen molar-refractivity contribution in [1.29, 1.82) is 0 Å². The third-order valence-corrected chi connectivity index (χ3v) is 6.36. The largest absolute Gasteiger partial charge is 0.459 e. The van der Waals surface area contributed by atoms with Crippen LogP contribution in [0.5, 0.6) is 0 Å². The molecule has 1 aliphatic heterocycles. The van der Waals surface area contributed by atoms with Gasteiger partial charge in [0.05, 0.1) is 11.2 Å². The van der Waals surface area contributed by atoms with Gasteiger partial charge < -0.3 is 9.32 Å². The summed E-state index contributed by atoms with van der Waals surface area (Å²) in [4.78, 5) is 14.5. The van der Waals surface area contributed by atoms with Crippen LogP contribution in [-0.4, -0.2) is 20.9 Å². The Balaban J connectivity index is 1.60. The van der Waals surface area contributed by atoms with Crippen molar-refractivity contribution >= 4 is 27.3 Å². The van der Waals surface area contributed by atoms with Crippen LogP contribution >= 0.6 is 0 Å². The van der Waals surface area contributed by atoms with E-state index in [9.17, 15) is 13.2 Å². The van der Waals surface area contributed by atoms with Crippen LogP contribution in [-0.2, 0) is 16.4 Å². The van der Waals surface area contributed by atoms with Gasteiger partial charge in [-0.1, -0.05) is 12.1 Å². The van der Waals surface area contributed by atoms with Crippen LogP contribution in [0.15, 0.2) is 64.1 Å². The Morgan fingerprint density at radius 2 is 1.93 bits per heavy atom. The number of amides is 1. The van der Waals surface area contributed by atoms with Crippen LogP contribution in [0.2, 0.25) is 0 Å². The van der Waals surface area contributed by atoms with Crippen LogP contribution in [0.3, 0.4) is 0 Å². The van der Waals surface area contributed by atoms with Crippen LogP contribution in [0.4, 0.5) is 11.4 Å². The van der Waals surface area contributed by atoms with Gasteiger partial charge in [-0.3, -0.25) is 9.52 Å². The molecule has 0 atom stereocenters. The molecule has 0 bridgehead atoms. The second-order valence-corrected chi connectivity index (χ2v) is 8.55. The highest BCUT2D eigenvalue weighted by atomic mass is 32.2. The first-order chi connectivity index (χ1) is 13.3. The monoisotopic (exact) mass is 396 g/mol. The number of nitrogens with zero attached hydrogens (tertiary/aromatic N) is 1. The highest BCUT2D eigenvalue weighted by Gasteiger charge is 2.27. The summed E-state index contributed by atoms with van der Waals surface area (Å²) in [6, 6.07) is 13.9. The number of carbonyl (C=O) groups excluding carboxylic acids is 1. The van der Waals surface area contributed by atoms with E-state index in [2.05, 4.69) is 4.72 Å². The zero-order valence-electron chi connectivity index (χ0n) is 15.6. The van der Waals surface area contributed by atoms with Gasteiger partial charge >= 0.3 is 0 Å². The Labute approximate surface area is 163 Å². The van der Waals surface area contributed by atoms with Gasteiger partial charge in [0, 0.05) is 17.9 Å². The molecule has 144 valence electrons. The minimum Gasteiger partial charge on any atom is -0.459 e. The zero-order chi connectivity index (χ0) is 19.9. The fraction of sp³-hybridized carbons (Fsp3) is 0.190. The number of carbonyl (C=O) groups is 1. The predicted molar refractivity (Wildman–Crippen MR) is 107 cm³/mol. The molecule has 0 spiro atoms. The van der Waals surface area contributed by atoms with E-state index in [1.54, 1.807) is 54.3 Å². The van der Waals surface area contributed by atoms with E-state index < -0.39 is 10.0 Å². The molecule has 7 heteroatoms. The lowest BCUT2D eigenvalue weighted by Gasteiger charge is -2.16. The van der Waals surface area contributed by atoms with Gasteiger partial charge in [-0.15, -0.1) is 0 Å². The summed E-state index contributed by atoms with van der Waals surface area (Å²) >= 11 is 0. The fourth-order valence-corrected chi connectivity index (χ4v) is 4.80. The first kappa shape index (κ1) is 18.3. The topological polar surface area (TPSA) is 79.6 Å². The predicted octanol–water partition coefficient (Wildman–Crippen LogP) is 3.90. The van der Waals surface area contributed by atoms with Crippen molar-refractivity contribution in [3.8, 4) is 0 Å². The Bertz CT molecular complexity index is 1150. The first-order valence-electron chi connectivity index (χ1n) is 8.93. The van der Waals surface area contributed by atoms with Crippen molar-refractivity contribution in [1.82, 2.24) is 0 Å². The van der Waals surface area contributed by atoms with Crippen LogP contribution in [0.25, 0.3) is 0 Å². The number of rotatable bonds is 4. The van der Waals surface area contributed by atoms with Crippen LogP contribution in [0, 0.1) is 13.8 Å². The highest BCUT2D eigenvalue weighted by Crippen LogP contribution is 2.32. The third-order valence-electron chi connectivity index (χ3n) is 4.84. The molecule has 0 radical (unpaired) electrons. The average Bonchev–Trinajstić information content (AvgIpc) is 3.32. The van der Waals surface area contributed by atoms with E-state index in [1.165, 1.54) is 6.26 Å². The SMILES string of the molecule is Cc1ccc(C)c(S(=O)(=O)Nc2ccc3c(c2)CCN3C(=O)c2ccco2)c1. The Kier molecular flexibility index (Phi) is 4.47. The molecule has 1 aliphatic rings. The fourth-order valence-electron chi connectivity index (χ4n) is 3.42. The lowest BCUT2D eigenvalue weighted by molar-refractivity contribution is 0.0963. The summed E-state index contributed by atoms with van der Waals surface area (Å²) in [5.41, 5.74) is 3.74. The second kappa shape index (κ2) is 6.83. The molecule has 2 aromatic carbocycles. The van der Waals surface area contributed by atoms with Crippen molar-refractivity contribution in [2.45, 2.75) is 25.2 Å². The maximum Gasteiger partial charge on any atom is 0.293 e. The molecular formula is C21H20N2O4S. The summed E-state index contributed by atoms with van der Waals surface area (Å²) < 4.78 is 33.5. The normalized spacial score (nSPS) is 13.4. The molecule has 1 aromatic heterocycles. The van der Waals surface area contributed by atoms with Crippen LogP contribution < -0.4 is 9.62 Å². The Hall–Kier alpha value is -3.06. The standard InChI is InChI=1S/C21H20N2O4S/c1-14-5-6-15(2)20(12-14)28(25,26)22-17-7-8-18-16(13-17)9-10-23(18)21(24)19-4-3-11-27-19/h3-8,11-13,22H,9-10H2,1-2H3. The highest BCUT2D eigenvalue weighted by molar-refractivity contribution is 7.92. The van der Waals surface area contributed by atoms with Gasteiger partial charge in [0.2, 0.25) is 0 Å². The first-order valence-corrected chi connectivity index (χ1v) is 10.4. The van der Waals surface area contributed by atoms with Gasteiger partial charge in [0.1, 0.15) is 0 Å². The number of sulfonamides is 1. The summed E-state index contributed by atoms with van der Waals surface area (Å²) in [5, 5.41) is 0. The molecule has 0 unspecified atom stereocenters. The third kappa shape index (κ3) is 3.29. The lowest BCUT2D eigenvalue weighted by atomic mass is 10.1. The number of fused-ring (bicyclic) bond motifs is 1. The Morgan fingerprint density at radius 3 is 2.68 bits per heavy atom. The molecule has 0 aliphatic carbocycles. The van der Waals surface area contributed by atoms with Crippen molar-refractivity contribution in [2.24, 2.45) is 0 Å².